The summed E-state index contributed by atoms with van der Waals surface area (Å²) in [5.74, 6) is 5.75. The van der Waals surface area contributed by atoms with E-state index in [9.17, 15) is 4.79 Å². The molecule has 4 nitrogen and oxygen atoms in total. The lowest BCUT2D eigenvalue weighted by atomic mass is 10.0. The Morgan fingerprint density at radius 2 is 1.33 bits per heavy atom. The first-order valence-corrected chi connectivity index (χ1v) is 9.36. The predicted octanol–water partition coefficient (Wildman–Crippen LogP) is 5.00. The van der Waals surface area contributed by atoms with Gasteiger partial charge in [-0.1, -0.05) is 72.8 Å². The number of nitrogens with two attached hydrogens (primary N) is 1. The first kappa shape index (κ1) is 17.1. The third-order valence-corrected chi connectivity index (χ3v) is 5.07. The van der Waals surface area contributed by atoms with Gasteiger partial charge in [-0.3, -0.25) is 4.79 Å². The van der Waals surface area contributed by atoms with Crippen LogP contribution in [0.25, 0.3) is 22.4 Å². The van der Waals surface area contributed by atoms with Crippen molar-refractivity contribution >= 4 is 22.4 Å². The average Bonchev–Trinajstić information content (AvgIpc) is 3.24. The number of benzene rings is 3. The predicted molar refractivity (Wildman–Crippen MR) is 110 cm³/mol. The lowest BCUT2D eigenvalue weighted by molar-refractivity contribution is 0.0987. The second-order valence-corrected chi connectivity index (χ2v) is 6.84. The van der Waals surface area contributed by atoms with Gasteiger partial charge in [-0.2, -0.15) is 0 Å². The molecule has 132 valence electrons. The molecule has 0 saturated heterocycles. The monoisotopic (exact) mass is 371 g/mol. The van der Waals surface area contributed by atoms with E-state index >= 15 is 0 Å². The van der Waals surface area contributed by atoms with Crippen molar-refractivity contribution in [3.8, 4) is 22.4 Å². The molecule has 0 unspecified atom stereocenters. The van der Waals surface area contributed by atoms with Crippen molar-refractivity contribution in [3.63, 3.8) is 0 Å². The SMILES string of the molecule is NN(C(=O)c1ccc(-c2ccccc2)cc1)c1nc(-c2ccccc2)cs1. The summed E-state index contributed by atoms with van der Waals surface area (Å²) in [5, 5.41) is 3.47. The zero-order chi connectivity index (χ0) is 18.6. The molecule has 5 heteroatoms. The Labute approximate surface area is 161 Å². The molecule has 0 bridgehead atoms. The van der Waals surface area contributed by atoms with E-state index in [2.05, 4.69) is 4.98 Å². The highest BCUT2D eigenvalue weighted by molar-refractivity contribution is 7.14. The number of thiazole rings is 1. The van der Waals surface area contributed by atoms with Crippen LogP contribution < -0.4 is 10.9 Å². The normalized spacial score (nSPS) is 10.6. The number of aromatic nitrogens is 1. The Hall–Kier alpha value is -3.28. The van der Waals surface area contributed by atoms with Crippen LogP contribution in [-0.4, -0.2) is 10.9 Å². The summed E-state index contributed by atoms with van der Waals surface area (Å²) in [6, 6.07) is 27.3. The number of rotatable bonds is 4. The number of amides is 1. The second kappa shape index (κ2) is 7.53. The molecular weight excluding hydrogens is 354 g/mol. The Kier molecular flexibility index (Phi) is 4.78. The van der Waals surface area contributed by atoms with E-state index < -0.39 is 0 Å². The second-order valence-electron chi connectivity index (χ2n) is 6.00. The number of hydrogen-bond acceptors (Lipinski definition) is 4. The Balaban J connectivity index is 1.53. The Morgan fingerprint density at radius 3 is 1.96 bits per heavy atom. The van der Waals surface area contributed by atoms with Crippen molar-refractivity contribution in [2.75, 3.05) is 5.01 Å². The standard InChI is InChI=1S/C22H17N3OS/c23-25(22-24-20(15-27-22)18-9-5-2-6-10-18)21(26)19-13-11-17(12-14-19)16-7-3-1-4-8-16/h1-15H,23H2. The molecule has 4 rings (SSSR count). The fourth-order valence-electron chi connectivity index (χ4n) is 2.78. The zero-order valence-corrected chi connectivity index (χ0v) is 15.3. The van der Waals surface area contributed by atoms with Gasteiger partial charge < -0.3 is 0 Å². The molecule has 1 aromatic heterocycles. The minimum Gasteiger partial charge on any atom is -0.267 e. The van der Waals surface area contributed by atoms with Crippen LogP contribution in [0.1, 0.15) is 10.4 Å². The van der Waals surface area contributed by atoms with Gasteiger partial charge in [0.25, 0.3) is 5.91 Å². The van der Waals surface area contributed by atoms with Crippen LogP contribution in [0.5, 0.6) is 0 Å². The molecule has 0 aliphatic carbocycles. The molecule has 2 N–H and O–H groups in total. The van der Waals surface area contributed by atoms with Gasteiger partial charge in [0.1, 0.15) is 0 Å². The molecule has 1 heterocycles. The lowest BCUT2D eigenvalue weighted by Crippen LogP contribution is -2.37. The number of hydrazine groups is 1. The van der Waals surface area contributed by atoms with Crippen molar-refractivity contribution in [2.45, 2.75) is 0 Å². The molecule has 27 heavy (non-hydrogen) atoms. The van der Waals surface area contributed by atoms with Crippen molar-refractivity contribution < 1.29 is 4.79 Å². The molecule has 0 aliphatic heterocycles. The highest BCUT2D eigenvalue weighted by atomic mass is 32.1. The summed E-state index contributed by atoms with van der Waals surface area (Å²) < 4.78 is 0. The number of nitrogens with zero attached hydrogens (tertiary/aromatic N) is 2. The zero-order valence-electron chi connectivity index (χ0n) is 14.4. The van der Waals surface area contributed by atoms with E-state index in [4.69, 9.17) is 5.84 Å². The van der Waals surface area contributed by atoms with Gasteiger partial charge in [-0.15, -0.1) is 11.3 Å². The van der Waals surface area contributed by atoms with E-state index in [1.807, 2.05) is 78.2 Å². The summed E-state index contributed by atoms with van der Waals surface area (Å²) in [4.78, 5) is 17.2. The molecule has 3 aromatic carbocycles. The minimum atomic E-state index is -0.288. The maximum atomic E-state index is 12.7. The smallest absolute Gasteiger partial charge is 0.267 e. The van der Waals surface area contributed by atoms with Crippen molar-refractivity contribution in [1.82, 2.24) is 4.98 Å². The maximum absolute atomic E-state index is 12.7. The van der Waals surface area contributed by atoms with E-state index in [0.717, 1.165) is 27.4 Å². The third-order valence-electron chi connectivity index (χ3n) is 4.23. The van der Waals surface area contributed by atoms with E-state index in [1.54, 1.807) is 12.1 Å². The molecule has 0 fully saturated rings. The highest BCUT2D eigenvalue weighted by Gasteiger charge is 2.18. The van der Waals surface area contributed by atoms with E-state index in [1.165, 1.54) is 11.3 Å². The highest BCUT2D eigenvalue weighted by Crippen LogP contribution is 2.27. The maximum Gasteiger partial charge on any atom is 0.274 e. The number of carbonyl (C=O) groups excluding carboxylic acids is 1. The fourth-order valence-corrected chi connectivity index (χ4v) is 3.53. The molecule has 0 aliphatic rings. The van der Waals surface area contributed by atoms with Gasteiger partial charge in [0.2, 0.25) is 5.13 Å². The molecule has 4 aromatic rings. The van der Waals surface area contributed by atoms with E-state index in [-0.39, 0.29) is 5.91 Å². The van der Waals surface area contributed by atoms with Crippen LogP contribution in [0.15, 0.2) is 90.3 Å². The summed E-state index contributed by atoms with van der Waals surface area (Å²) in [6.07, 6.45) is 0. The summed E-state index contributed by atoms with van der Waals surface area (Å²) in [6.45, 7) is 0. The van der Waals surface area contributed by atoms with Crippen molar-refractivity contribution in [1.29, 1.82) is 0 Å². The summed E-state index contributed by atoms with van der Waals surface area (Å²) in [5.41, 5.74) is 4.48. The molecule has 1 amide bonds. The third kappa shape index (κ3) is 3.65. The van der Waals surface area contributed by atoms with Gasteiger partial charge in [-0.25, -0.2) is 15.8 Å². The molecular formula is C22H17N3OS. The van der Waals surface area contributed by atoms with Crippen LogP contribution in [-0.2, 0) is 0 Å². The average molecular weight is 371 g/mol. The van der Waals surface area contributed by atoms with Gasteiger partial charge in [0.15, 0.2) is 0 Å². The van der Waals surface area contributed by atoms with Crippen molar-refractivity contribution in [3.05, 3.63) is 95.9 Å². The fraction of sp³-hybridized carbons (Fsp3) is 0. The molecule has 0 saturated carbocycles. The topological polar surface area (TPSA) is 59.2 Å². The van der Waals surface area contributed by atoms with Crippen LogP contribution in [0, 0.1) is 0 Å². The van der Waals surface area contributed by atoms with Crippen LogP contribution in [0.2, 0.25) is 0 Å². The first-order chi connectivity index (χ1) is 13.2. The van der Waals surface area contributed by atoms with Gasteiger partial charge >= 0.3 is 0 Å². The van der Waals surface area contributed by atoms with Crippen LogP contribution in [0.3, 0.4) is 0 Å². The number of hydrogen-bond donors (Lipinski definition) is 1. The Morgan fingerprint density at radius 1 is 0.778 bits per heavy atom. The number of carbonyl (C=O) groups is 1. The van der Waals surface area contributed by atoms with Gasteiger partial charge in [0, 0.05) is 16.5 Å². The van der Waals surface area contributed by atoms with Crippen LogP contribution in [0.4, 0.5) is 5.13 Å². The van der Waals surface area contributed by atoms with Crippen LogP contribution >= 0.6 is 11.3 Å². The first-order valence-electron chi connectivity index (χ1n) is 8.48. The summed E-state index contributed by atoms with van der Waals surface area (Å²) in [7, 11) is 0. The largest absolute Gasteiger partial charge is 0.274 e. The van der Waals surface area contributed by atoms with Gasteiger partial charge in [0.05, 0.1) is 5.69 Å². The van der Waals surface area contributed by atoms with Crippen molar-refractivity contribution in [2.24, 2.45) is 5.84 Å². The summed E-state index contributed by atoms with van der Waals surface area (Å²) >= 11 is 1.34. The van der Waals surface area contributed by atoms with Gasteiger partial charge in [-0.05, 0) is 23.3 Å². The lowest BCUT2D eigenvalue weighted by Gasteiger charge is -2.13. The minimum absolute atomic E-state index is 0.288. The molecule has 0 atom stereocenters. The Bertz CT molecular complexity index is 1040. The van der Waals surface area contributed by atoms with E-state index in [0.29, 0.717) is 10.7 Å². The molecule has 0 spiro atoms. The number of anilines is 1. The quantitative estimate of drug-likeness (QED) is 0.312. The molecule has 0 radical (unpaired) electrons.